The Morgan fingerprint density at radius 3 is 2.28 bits per heavy atom. The van der Waals surface area contributed by atoms with E-state index in [1.54, 1.807) is 24.3 Å². The van der Waals surface area contributed by atoms with Crippen LogP contribution in [-0.4, -0.2) is 31.7 Å². The number of nitrogens with zero attached hydrogens (tertiary/aromatic N) is 1. The van der Waals surface area contributed by atoms with E-state index in [-0.39, 0.29) is 34.0 Å². The van der Waals surface area contributed by atoms with Crippen molar-refractivity contribution in [3.05, 3.63) is 89.2 Å². The third-order valence-electron chi connectivity index (χ3n) is 6.28. The summed E-state index contributed by atoms with van der Waals surface area (Å²) < 4.78 is 42.0. The second-order valence-electron chi connectivity index (χ2n) is 9.65. The summed E-state index contributed by atoms with van der Waals surface area (Å²) in [5.74, 6) is -0.164. The summed E-state index contributed by atoms with van der Waals surface area (Å²) in [6.45, 7) is 7.37. The maximum atomic E-state index is 13.5. The van der Waals surface area contributed by atoms with Crippen LogP contribution in [0.3, 0.4) is 0 Å². The number of amides is 1. The van der Waals surface area contributed by atoms with Gasteiger partial charge in [0.15, 0.2) is 0 Å². The number of hydrogen-bond acceptors (Lipinski definition) is 4. The number of benzene rings is 3. The summed E-state index contributed by atoms with van der Waals surface area (Å²) in [6.07, 6.45) is 0.992. The lowest BCUT2D eigenvalue weighted by molar-refractivity contribution is 0.0947. The first-order valence-electron chi connectivity index (χ1n) is 12.0. The van der Waals surface area contributed by atoms with E-state index in [2.05, 4.69) is 19.2 Å². The smallest absolute Gasteiger partial charge is 0.252 e. The molecule has 8 heteroatoms. The van der Waals surface area contributed by atoms with Crippen LogP contribution in [0.5, 0.6) is 0 Å². The van der Waals surface area contributed by atoms with Crippen LogP contribution in [0.2, 0.25) is 0 Å². The van der Waals surface area contributed by atoms with Gasteiger partial charge in [0.2, 0.25) is 10.0 Å². The molecule has 36 heavy (non-hydrogen) atoms. The minimum atomic E-state index is -3.76. The molecule has 1 aliphatic rings. The largest absolute Gasteiger partial charge is 0.348 e. The van der Waals surface area contributed by atoms with Gasteiger partial charge in [0.1, 0.15) is 5.82 Å². The van der Waals surface area contributed by atoms with Gasteiger partial charge in [-0.2, -0.15) is 4.31 Å². The SMILES string of the molecule is Cc1ccc(CNC(=O)c2cc(S(=O)(=O)N3C[C@H](C)C[C@H](C)C3)ccc2Sc2ccc(F)cc2)cc1. The van der Waals surface area contributed by atoms with Crippen molar-refractivity contribution in [3.63, 3.8) is 0 Å². The fraction of sp³-hybridized carbons (Fsp3) is 0.321. The zero-order valence-electron chi connectivity index (χ0n) is 20.7. The molecule has 3 aromatic carbocycles. The number of hydrogen-bond donors (Lipinski definition) is 1. The number of sulfonamides is 1. The number of aryl methyl sites for hydroxylation is 1. The lowest BCUT2D eigenvalue weighted by Crippen LogP contribution is -2.42. The Balaban J connectivity index is 1.65. The van der Waals surface area contributed by atoms with E-state index < -0.39 is 10.0 Å². The van der Waals surface area contributed by atoms with E-state index in [1.807, 2.05) is 31.2 Å². The molecule has 5 nitrogen and oxygen atoms in total. The number of nitrogens with one attached hydrogen (secondary N) is 1. The van der Waals surface area contributed by atoms with E-state index in [1.165, 1.54) is 34.3 Å². The number of piperidine rings is 1. The molecule has 0 radical (unpaired) electrons. The summed E-state index contributed by atoms with van der Waals surface area (Å²) in [7, 11) is -3.76. The molecular weight excluding hydrogens is 495 g/mol. The van der Waals surface area contributed by atoms with E-state index in [4.69, 9.17) is 0 Å². The fourth-order valence-corrected chi connectivity index (χ4v) is 7.13. The Morgan fingerprint density at radius 1 is 1.00 bits per heavy atom. The van der Waals surface area contributed by atoms with Crippen LogP contribution in [0.25, 0.3) is 0 Å². The maximum Gasteiger partial charge on any atom is 0.252 e. The van der Waals surface area contributed by atoms with E-state index in [0.29, 0.717) is 24.5 Å². The van der Waals surface area contributed by atoms with Crippen molar-refractivity contribution >= 4 is 27.7 Å². The molecule has 0 spiro atoms. The Labute approximate surface area is 217 Å². The molecule has 1 saturated heterocycles. The monoisotopic (exact) mass is 526 g/mol. The van der Waals surface area contributed by atoms with Crippen molar-refractivity contribution in [2.75, 3.05) is 13.1 Å². The van der Waals surface area contributed by atoms with E-state index in [9.17, 15) is 17.6 Å². The number of rotatable bonds is 7. The predicted molar refractivity (Wildman–Crippen MR) is 141 cm³/mol. The van der Waals surface area contributed by atoms with Crippen molar-refractivity contribution in [1.82, 2.24) is 9.62 Å². The highest BCUT2D eigenvalue weighted by Gasteiger charge is 2.32. The third-order valence-corrected chi connectivity index (χ3v) is 9.20. The molecule has 4 rings (SSSR count). The van der Waals surface area contributed by atoms with Gasteiger partial charge in [-0.25, -0.2) is 12.8 Å². The van der Waals surface area contributed by atoms with Crippen molar-refractivity contribution in [1.29, 1.82) is 0 Å². The Morgan fingerprint density at radius 2 is 1.64 bits per heavy atom. The number of carbonyl (C=O) groups is 1. The maximum absolute atomic E-state index is 13.5. The molecule has 0 saturated carbocycles. The van der Waals surface area contributed by atoms with Gasteiger partial charge >= 0.3 is 0 Å². The van der Waals surface area contributed by atoms with Gasteiger partial charge < -0.3 is 5.32 Å². The molecule has 1 amide bonds. The molecule has 1 fully saturated rings. The molecule has 1 N–H and O–H groups in total. The average molecular weight is 527 g/mol. The van der Waals surface area contributed by atoms with Gasteiger partial charge in [-0.1, -0.05) is 55.4 Å². The van der Waals surface area contributed by atoms with Crippen molar-refractivity contribution < 1.29 is 17.6 Å². The zero-order valence-corrected chi connectivity index (χ0v) is 22.3. The quantitative estimate of drug-likeness (QED) is 0.417. The van der Waals surface area contributed by atoms with Crippen molar-refractivity contribution in [3.8, 4) is 0 Å². The summed E-state index contributed by atoms with van der Waals surface area (Å²) in [5, 5.41) is 2.92. The molecule has 0 aromatic heterocycles. The topological polar surface area (TPSA) is 66.5 Å². The highest BCUT2D eigenvalue weighted by Crippen LogP contribution is 2.34. The van der Waals surface area contributed by atoms with Crippen LogP contribution < -0.4 is 5.32 Å². The molecule has 0 aliphatic carbocycles. The van der Waals surface area contributed by atoms with Crippen molar-refractivity contribution in [2.45, 2.75) is 48.4 Å². The second-order valence-corrected chi connectivity index (χ2v) is 12.7. The highest BCUT2D eigenvalue weighted by molar-refractivity contribution is 7.99. The van der Waals surface area contributed by atoms with Gasteiger partial charge in [0, 0.05) is 29.4 Å². The van der Waals surface area contributed by atoms with Gasteiger partial charge in [0.05, 0.1) is 10.5 Å². The van der Waals surface area contributed by atoms with Gasteiger partial charge in [-0.3, -0.25) is 4.79 Å². The molecule has 3 aromatic rings. The molecule has 1 aliphatic heterocycles. The minimum Gasteiger partial charge on any atom is -0.348 e. The first kappa shape index (κ1) is 26.4. The highest BCUT2D eigenvalue weighted by atomic mass is 32.2. The summed E-state index contributed by atoms with van der Waals surface area (Å²) in [6, 6.07) is 18.5. The number of carbonyl (C=O) groups excluding carboxylic acids is 1. The lowest BCUT2D eigenvalue weighted by Gasteiger charge is -2.34. The third kappa shape index (κ3) is 6.35. The summed E-state index contributed by atoms with van der Waals surface area (Å²) >= 11 is 1.29. The Hall–Kier alpha value is -2.68. The van der Waals surface area contributed by atoms with Gasteiger partial charge in [-0.05, 0) is 73.2 Å². The first-order valence-corrected chi connectivity index (χ1v) is 14.3. The van der Waals surface area contributed by atoms with Crippen LogP contribution >= 0.6 is 11.8 Å². The standard InChI is InChI=1S/C28H31FN2O3S2/c1-19-4-6-22(7-5-19)16-30-28(32)26-15-25(36(33,34)31-17-20(2)14-21(3)18-31)12-13-27(26)35-24-10-8-23(29)9-11-24/h4-13,15,20-21H,14,16-18H2,1-3H3,(H,30,32)/t20-,21+. The molecule has 0 bridgehead atoms. The van der Waals surface area contributed by atoms with Crippen LogP contribution in [0.1, 0.15) is 41.8 Å². The average Bonchev–Trinajstić information content (AvgIpc) is 2.84. The van der Waals surface area contributed by atoms with Crippen LogP contribution in [0, 0.1) is 24.6 Å². The molecule has 190 valence electrons. The fourth-order valence-electron chi connectivity index (χ4n) is 4.50. The first-order chi connectivity index (χ1) is 17.1. The molecule has 0 unspecified atom stereocenters. The molecule has 2 atom stereocenters. The second kappa shape index (κ2) is 11.2. The van der Waals surface area contributed by atoms with Gasteiger partial charge in [-0.15, -0.1) is 0 Å². The number of halogens is 1. The summed E-state index contributed by atoms with van der Waals surface area (Å²) in [4.78, 5) is 14.8. The summed E-state index contributed by atoms with van der Waals surface area (Å²) in [5.41, 5.74) is 2.35. The van der Waals surface area contributed by atoms with Crippen molar-refractivity contribution in [2.24, 2.45) is 11.8 Å². The van der Waals surface area contributed by atoms with Crippen LogP contribution in [-0.2, 0) is 16.6 Å². The molecular formula is C28H31FN2O3S2. The van der Waals surface area contributed by atoms with Crippen LogP contribution in [0.4, 0.5) is 4.39 Å². The van der Waals surface area contributed by atoms with E-state index >= 15 is 0 Å². The normalized spacial score (nSPS) is 18.7. The Bertz CT molecular complexity index is 1320. The van der Waals surface area contributed by atoms with Crippen LogP contribution in [0.15, 0.2) is 81.4 Å². The minimum absolute atomic E-state index is 0.104. The van der Waals surface area contributed by atoms with Gasteiger partial charge in [0.25, 0.3) is 5.91 Å². The lowest BCUT2D eigenvalue weighted by atomic mass is 9.94. The van der Waals surface area contributed by atoms with E-state index in [0.717, 1.165) is 22.4 Å². The predicted octanol–water partition coefficient (Wildman–Crippen LogP) is 5.88. The Kier molecular flexibility index (Phi) is 8.17. The molecule has 1 heterocycles. The zero-order chi connectivity index (χ0) is 25.9.